The highest BCUT2D eigenvalue weighted by Gasteiger charge is 2.15. The number of hydrogen-bond donors (Lipinski definition) is 1. The van der Waals surface area contributed by atoms with Gasteiger partial charge in [-0.25, -0.2) is 0 Å². The van der Waals surface area contributed by atoms with Crippen LogP contribution in [0.15, 0.2) is 39.8 Å². The van der Waals surface area contributed by atoms with Crippen LogP contribution in [0.2, 0.25) is 0 Å². The van der Waals surface area contributed by atoms with E-state index in [1.807, 2.05) is 20.8 Å². The number of aliphatic imine (C=N–C) groups is 1. The molecule has 0 heterocycles. The van der Waals surface area contributed by atoms with Crippen molar-refractivity contribution in [3.05, 3.63) is 56.0 Å². The van der Waals surface area contributed by atoms with Crippen LogP contribution in [0.1, 0.15) is 31.9 Å². The Morgan fingerprint density at radius 3 is 2.50 bits per heavy atom. The van der Waals surface area contributed by atoms with Gasteiger partial charge in [0.1, 0.15) is 11.4 Å². The lowest BCUT2D eigenvalue weighted by Crippen LogP contribution is -2.10. The summed E-state index contributed by atoms with van der Waals surface area (Å²) in [4.78, 5) is 14.3. The molecule has 0 bridgehead atoms. The number of phenols is 1. The molecule has 0 amide bonds. The fraction of sp³-hybridized carbons (Fsp3) is 0.235. The highest BCUT2D eigenvalue weighted by atomic mass is 79.9. The molecule has 6 nitrogen and oxygen atoms in total. The number of phenolic OH excluding ortho intramolecular Hbond substituents is 1. The zero-order chi connectivity index (χ0) is 18.1. The smallest absolute Gasteiger partial charge is 0.263 e. The second kappa shape index (κ2) is 6.60. The van der Waals surface area contributed by atoms with Gasteiger partial charge in [-0.15, -0.1) is 0 Å². The van der Waals surface area contributed by atoms with Gasteiger partial charge in [0.2, 0.25) is 0 Å². The van der Waals surface area contributed by atoms with Crippen LogP contribution < -0.4 is 5.11 Å². The van der Waals surface area contributed by atoms with Crippen LogP contribution in [0.5, 0.6) is 11.5 Å². The molecule has 24 heavy (non-hydrogen) atoms. The Bertz CT molecular complexity index is 826. The molecule has 2 aromatic rings. The quantitative estimate of drug-likeness (QED) is 0.481. The molecule has 0 radical (unpaired) electrons. The van der Waals surface area contributed by atoms with Gasteiger partial charge in [-0.05, 0) is 40.5 Å². The molecule has 7 heteroatoms. The molecule has 0 aromatic heterocycles. The van der Waals surface area contributed by atoms with Crippen LogP contribution in [-0.4, -0.2) is 16.2 Å². The topological polar surface area (TPSA) is 98.8 Å². The van der Waals surface area contributed by atoms with Crippen molar-refractivity contribution in [3.63, 3.8) is 0 Å². The number of halogens is 1. The molecule has 0 aliphatic heterocycles. The lowest BCUT2D eigenvalue weighted by atomic mass is 9.87. The first-order valence-electron chi connectivity index (χ1n) is 7.12. The van der Waals surface area contributed by atoms with E-state index in [9.17, 15) is 20.3 Å². The normalized spacial score (nSPS) is 11.8. The summed E-state index contributed by atoms with van der Waals surface area (Å²) in [5.41, 5.74) is 0.672. The Hall–Kier alpha value is -2.41. The van der Waals surface area contributed by atoms with Gasteiger partial charge >= 0.3 is 0 Å². The number of rotatable bonds is 3. The van der Waals surface area contributed by atoms with Gasteiger partial charge in [0.15, 0.2) is 0 Å². The Kier molecular flexibility index (Phi) is 4.94. The van der Waals surface area contributed by atoms with Crippen molar-refractivity contribution < 1.29 is 15.1 Å². The summed E-state index contributed by atoms with van der Waals surface area (Å²) in [5, 5.41) is 32.9. The Labute approximate surface area is 147 Å². The zero-order valence-corrected chi connectivity index (χ0v) is 15.0. The van der Waals surface area contributed by atoms with Gasteiger partial charge in [0.25, 0.3) is 5.69 Å². The predicted octanol–water partition coefficient (Wildman–Crippen LogP) is 4.18. The number of nitro benzene ring substituents is 1. The van der Waals surface area contributed by atoms with E-state index in [2.05, 4.69) is 20.9 Å². The number of nitro groups is 1. The standard InChI is InChI=1S/C17H17BrN2O4/c1-17(2,3)11-4-5-15(21)13(7-11)19-9-10-6-12(18)8-14(16(10)22)20(23)24/h4-9,21-22H,1-3H3/p-1. The van der Waals surface area contributed by atoms with Crippen molar-refractivity contribution in [1.29, 1.82) is 0 Å². The number of benzene rings is 2. The van der Waals surface area contributed by atoms with Crippen LogP contribution in [0.4, 0.5) is 11.4 Å². The molecule has 1 N–H and O–H groups in total. The van der Waals surface area contributed by atoms with Gasteiger partial charge in [-0.1, -0.05) is 42.8 Å². The predicted molar refractivity (Wildman–Crippen MR) is 94.3 cm³/mol. The van der Waals surface area contributed by atoms with Crippen LogP contribution >= 0.6 is 15.9 Å². The van der Waals surface area contributed by atoms with Crippen LogP contribution in [0, 0.1) is 10.1 Å². The van der Waals surface area contributed by atoms with Crippen molar-refractivity contribution >= 4 is 33.5 Å². The average molecular weight is 392 g/mol. The fourth-order valence-corrected chi connectivity index (χ4v) is 2.53. The summed E-state index contributed by atoms with van der Waals surface area (Å²) in [6, 6.07) is 7.66. The van der Waals surface area contributed by atoms with Crippen molar-refractivity contribution in [2.45, 2.75) is 26.2 Å². The molecule has 0 saturated heterocycles. The lowest BCUT2D eigenvalue weighted by Gasteiger charge is -2.19. The molecule has 126 valence electrons. The van der Waals surface area contributed by atoms with Crippen molar-refractivity contribution in [2.75, 3.05) is 0 Å². The highest BCUT2D eigenvalue weighted by Crippen LogP contribution is 2.34. The Balaban J connectivity index is 2.47. The van der Waals surface area contributed by atoms with E-state index >= 15 is 0 Å². The van der Waals surface area contributed by atoms with Gasteiger partial charge in [-0.2, -0.15) is 0 Å². The summed E-state index contributed by atoms with van der Waals surface area (Å²) in [6.45, 7) is 6.08. The van der Waals surface area contributed by atoms with Gasteiger partial charge in [0, 0.05) is 16.8 Å². The van der Waals surface area contributed by atoms with E-state index in [1.54, 1.807) is 12.1 Å². The van der Waals surface area contributed by atoms with Crippen LogP contribution in [-0.2, 0) is 5.41 Å². The molecular weight excluding hydrogens is 376 g/mol. The third-order valence-electron chi connectivity index (χ3n) is 3.44. The van der Waals surface area contributed by atoms with E-state index < -0.39 is 16.4 Å². The summed E-state index contributed by atoms with van der Waals surface area (Å²) in [7, 11) is 0. The van der Waals surface area contributed by atoms with Gasteiger partial charge in [0.05, 0.1) is 4.92 Å². The second-order valence-corrected chi connectivity index (χ2v) is 7.23. The minimum atomic E-state index is -0.734. The lowest BCUT2D eigenvalue weighted by molar-refractivity contribution is -0.398. The first-order valence-corrected chi connectivity index (χ1v) is 7.91. The van der Waals surface area contributed by atoms with E-state index in [-0.39, 0.29) is 16.7 Å². The van der Waals surface area contributed by atoms with E-state index in [1.165, 1.54) is 18.3 Å². The second-order valence-electron chi connectivity index (χ2n) is 6.31. The first-order chi connectivity index (χ1) is 11.1. The molecule has 0 fully saturated rings. The summed E-state index contributed by atoms with van der Waals surface area (Å²) in [6.07, 6.45) is 1.22. The van der Waals surface area contributed by atoms with Crippen molar-refractivity contribution in [2.24, 2.45) is 4.99 Å². The third-order valence-corrected chi connectivity index (χ3v) is 3.90. The van der Waals surface area contributed by atoms with Crippen LogP contribution in [0.25, 0.3) is 0 Å². The monoisotopic (exact) mass is 391 g/mol. The fourth-order valence-electron chi connectivity index (χ4n) is 2.06. The zero-order valence-electron chi connectivity index (χ0n) is 13.4. The molecule has 0 unspecified atom stereocenters. The van der Waals surface area contributed by atoms with Gasteiger partial charge in [-0.3, -0.25) is 15.1 Å². The maximum absolute atomic E-state index is 12.1. The maximum atomic E-state index is 12.1. The Morgan fingerprint density at radius 2 is 1.92 bits per heavy atom. The third kappa shape index (κ3) is 3.91. The molecule has 0 saturated carbocycles. The molecule has 0 aliphatic rings. The van der Waals surface area contributed by atoms with E-state index in [0.717, 1.165) is 11.6 Å². The summed E-state index contributed by atoms with van der Waals surface area (Å²) in [5.74, 6) is -0.755. The minimum absolute atomic E-state index is 0.0313. The summed E-state index contributed by atoms with van der Waals surface area (Å²) >= 11 is 3.14. The number of aromatic hydroxyl groups is 1. The molecule has 0 spiro atoms. The number of hydrogen-bond acceptors (Lipinski definition) is 5. The van der Waals surface area contributed by atoms with Gasteiger partial charge < -0.3 is 10.2 Å². The van der Waals surface area contributed by atoms with Crippen molar-refractivity contribution in [1.82, 2.24) is 0 Å². The minimum Gasteiger partial charge on any atom is -0.867 e. The van der Waals surface area contributed by atoms with Crippen LogP contribution in [0.3, 0.4) is 0 Å². The van der Waals surface area contributed by atoms with E-state index in [4.69, 9.17) is 0 Å². The molecule has 2 rings (SSSR count). The summed E-state index contributed by atoms with van der Waals surface area (Å²) < 4.78 is 0.405. The Morgan fingerprint density at radius 1 is 1.25 bits per heavy atom. The maximum Gasteiger partial charge on any atom is 0.263 e. The highest BCUT2D eigenvalue weighted by molar-refractivity contribution is 9.10. The van der Waals surface area contributed by atoms with E-state index in [0.29, 0.717) is 10.2 Å². The SMILES string of the molecule is CC(C)(C)c1ccc(O)c(N=Cc2cc(Br)cc([N+](=O)[O-])c2[O-])c1. The first kappa shape index (κ1) is 17.9. The molecule has 0 aliphatic carbocycles. The molecular formula is C17H16BrN2O4-. The largest absolute Gasteiger partial charge is 0.867 e. The molecule has 0 atom stereocenters. The number of nitrogens with zero attached hydrogens (tertiary/aromatic N) is 2. The molecule has 2 aromatic carbocycles. The average Bonchev–Trinajstić information content (AvgIpc) is 2.47. The van der Waals surface area contributed by atoms with Crippen molar-refractivity contribution in [3.8, 4) is 11.5 Å².